The smallest absolute Gasteiger partial charge is 0.177 e. The minimum atomic E-state index is -3.57. The molecule has 5 heterocycles. The molecule has 42 heavy (non-hydrogen) atoms. The molecule has 1 aliphatic heterocycles. The van der Waals surface area contributed by atoms with Crippen molar-refractivity contribution in [2.24, 2.45) is 7.05 Å². The Kier molecular flexibility index (Phi) is 7.36. The zero-order valence-corrected chi connectivity index (χ0v) is 25.5. The molecule has 0 amide bonds. The molecule has 0 spiro atoms. The highest BCUT2D eigenvalue weighted by Crippen LogP contribution is 2.36. The molecule has 5 aromatic rings. The highest BCUT2D eigenvalue weighted by atomic mass is 32.2. The van der Waals surface area contributed by atoms with Crippen molar-refractivity contribution in [3.8, 4) is 11.1 Å². The molecule has 218 valence electrons. The monoisotopic (exact) mass is 584 g/mol. The zero-order valence-electron chi connectivity index (χ0n) is 24.7. The van der Waals surface area contributed by atoms with Crippen molar-refractivity contribution in [1.82, 2.24) is 24.1 Å². The van der Waals surface area contributed by atoms with E-state index in [9.17, 15) is 8.42 Å². The quantitative estimate of drug-likeness (QED) is 0.243. The fraction of sp³-hybridized carbons (Fsp3) is 0.344. The molecule has 1 aliphatic rings. The summed E-state index contributed by atoms with van der Waals surface area (Å²) in [7, 11) is -1.59. The van der Waals surface area contributed by atoms with Crippen LogP contribution < -0.4 is 5.32 Å². The van der Waals surface area contributed by atoms with Crippen LogP contribution >= 0.6 is 0 Å². The predicted octanol–water partition coefficient (Wildman–Crippen LogP) is 6.19. The Hall–Kier alpha value is -4.02. The summed E-state index contributed by atoms with van der Waals surface area (Å²) < 4.78 is 36.4. The van der Waals surface area contributed by atoms with Gasteiger partial charge in [-0.15, -0.1) is 0 Å². The van der Waals surface area contributed by atoms with Crippen molar-refractivity contribution in [2.45, 2.75) is 57.6 Å². The highest BCUT2D eigenvalue weighted by Gasteiger charge is 2.24. The summed E-state index contributed by atoms with van der Waals surface area (Å²) in [4.78, 5) is 14.9. The molecule has 4 aromatic heterocycles. The van der Waals surface area contributed by atoms with E-state index in [1.165, 1.54) is 6.26 Å². The number of aromatic nitrogens is 5. The molecular weight excluding hydrogens is 548 g/mol. The van der Waals surface area contributed by atoms with Crippen LogP contribution in [0.5, 0.6) is 0 Å². The minimum Gasteiger partial charge on any atom is -0.358 e. The van der Waals surface area contributed by atoms with Gasteiger partial charge >= 0.3 is 0 Å². The van der Waals surface area contributed by atoms with Crippen LogP contribution in [0.25, 0.3) is 22.3 Å². The summed E-state index contributed by atoms with van der Waals surface area (Å²) >= 11 is 0. The number of fused-ring (bicyclic) bond motifs is 1. The second-order valence-electron chi connectivity index (χ2n) is 11.2. The number of ether oxygens (including phenoxy) is 1. The van der Waals surface area contributed by atoms with E-state index in [0.717, 1.165) is 59.0 Å². The number of imidazole rings is 1. The lowest BCUT2D eigenvalue weighted by molar-refractivity contribution is -0.0309. The van der Waals surface area contributed by atoms with E-state index in [1.807, 2.05) is 81.0 Å². The van der Waals surface area contributed by atoms with Crippen LogP contribution in [0, 0.1) is 20.8 Å². The van der Waals surface area contributed by atoms with E-state index in [0.29, 0.717) is 35.6 Å². The van der Waals surface area contributed by atoms with Crippen LogP contribution in [0.4, 0.5) is 11.4 Å². The maximum absolute atomic E-state index is 13.1. The molecule has 0 bridgehead atoms. The van der Waals surface area contributed by atoms with E-state index in [1.54, 1.807) is 6.07 Å². The Bertz CT molecular complexity index is 1900. The SMILES string of the molecule is Cc1cccc(Cc2cc(Nc3ccc(-c4ccn(C)c4C)cc3S(C)(=O)=O)c3nc(C)n(C4CCCCO4)c3n2)n1. The number of rotatable bonds is 7. The third-order valence-electron chi connectivity index (χ3n) is 7.97. The van der Waals surface area contributed by atoms with Crippen LogP contribution in [-0.2, 0) is 28.0 Å². The zero-order chi connectivity index (χ0) is 29.6. The summed E-state index contributed by atoms with van der Waals surface area (Å²) in [6.45, 7) is 6.66. The van der Waals surface area contributed by atoms with Crippen molar-refractivity contribution in [3.05, 3.63) is 83.3 Å². The third-order valence-corrected chi connectivity index (χ3v) is 9.11. The molecule has 0 radical (unpaired) electrons. The van der Waals surface area contributed by atoms with E-state index in [-0.39, 0.29) is 11.1 Å². The van der Waals surface area contributed by atoms with Gasteiger partial charge < -0.3 is 14.6 Å². The number of sulfone groups is 1. The molecule has 6 rings (SSSR count). The number of benzene rings is 1. The molecule has 1 atom stereocenters. The minimum absolute atomic E-state index is 0.142. The molecular formula is C32H36N6O3S. The number of pyridine rings is 2. The van der Waals surface area contributed by atoms with Crippen LogP contribution in [0.1, 0.15) is 54.1 Å². The van der Waals surface area contributed by atoms with Crippen LogP contribution in [-0.4, -0.2) is 45.4 Å². The van der Waals surface area contributed by atoms with Gasteiger partial charge in [-0.2, -0.15) is 0 Å². The fourth-order valence-corrected chi connectivity index (χ4v) is 6.58. The molecule has 0 aliphatic carbocycles. The fourth-order valence-electron chi connectivity index (χ4n) is 5.72. The second kappa shape index (κ2) is 11.0. The van der Waals surface area contributed by atoms with Crippen LogP contribution in [0.15, 0.2) is 59.6 Å². The Morgan fingerprint density at radius 2 is 1.81 bits per heavy atom. The summed E-state index contributed by atoms with van der Waals surface area (Å²) in [6, 6.07) is 15.4. The van der Waals surface area contributed by atoms with Crippen molar-refractivity contribution < 1.29 is 13.2 Å². The predicted molar refractivity (Wildman–Crippen MR) is 165 cm³/mol. The van der Waals surface area contributed by atoms with Gasteiger partial charge in [-0.3, -0.25) is 9.55 Å². The Morgan fingerprint density at radius 3 is 2.50 bits per heavy atom. The summed E-state index contributed by atoms with van der Waals surface area (Å²) in [5.41, 5.74) is 8.11. The first-order chi connectivity index (χ1) is 20.1. The molecule has 1 saturated heterocycles. The summed E-state index contributed by atoms with van der Waals surface area (Å²) in [5.74, 6) is 0.802. The van der Waals surface area contributed by atoms with Gasteiger partial charge in [0.1, 0.15) is 17.6 Å². The number of nitrogens with one attached hydrogen (secondary N) is 1. The van der Waals surface area contributed by atoms with Gasteiger partial charge in [-0.05, 0) is 82.0 Å². The highest BCUT2D eigenvalue weighted by molar-refractivity contribution is 7.90. The standard InChI is InChI=1S/C32H36N6O3S/c1-20-9-8-10-24(33-20)18-25-19-28(31-32(35-25)38(22(3)34-31)30-11-6-7-16-41-30)36-27-13-12-23(17-29(27)42(5,39)40)26-14-15-37(4)21(26)2/h8-10,12-15,17,19,30H,6-7,11,16,18H2,1-5H3,(H,35,36). The maximum Gasteiger partial charge on any atom is 0.177 e. The molecule has 1 aromatic carbocycles. The van der Waals surface area contributed by atoms with E-state index >= 15 is 0 Å². The normalized spacial score (nSPS) is 15.8. The van der Waals surface area contributed by atoms with Gasteiger partial charge in [0.05, 0.1) is 22.0 Å². The van der Waals surface area contributed by atoms with Crippen molar-refractivity contribution in [1.29, 1.82) is 0 Å². The van der Waals surface area contributed by atoms with Gasteiger partial charge in [-0.25, -0.2) is 18.4 Å². The molecule has 1 N–H and O–H groups in total. The molecule has 10 heteroatoms. The topological polar surface area (TPSA) is 104 Å². The average Bonchev–Trinajstić information content (AvgIpc) is 3.46. The number of hydrogen-bond acceptors (Lipinski definition) is 7. The number of nitrogens with zero attached hydrogens (tertiary/aromatic N) is 5. The van der Waals surface area contributed by atoms with Gasteiger partial charge in [0, 0.05) is 55.2 Å². The third kappa shape index (κ3) is 5.44. The van der Waals surface area contributed by atoms with E-state index in [4.69, 9.17) is 14.7 Å². The summed E-state index contributed by atoms with van der Waals surface area (Å²) in [5, 5.41) is 3.44. The van der Waals surface area contributed by atoms with Gasteiger partial charge in [0.2, 0.25) is 0 Å². The molecule has 1 fully saturated rings. The van der Waals surface area contributed by atoms with Crippen LogP contribution in [0.2, 0.25) is 0 Å². The van der Waals surface area contributed by atoms with Crippen molar-refractivity contribution in [2.75, 3.05) is 18.2 Å². The molecule has 9 nitrogen and oxygen atoms in total. The summed E-state index contributed by atoms with van der Waals surface area (Å²) in [6.07, 6.45) is 6.60. The average molecular weight is 585 g/mol. The Balaban J connectivity index is 1.49. The Labute approximate surface area is 246 Å². The van der Waals surface area contributed by atoms with Gasteiger partial charge in [0.25, 0.3) is 0 Å². The first kappa shape index (κ1) is 28.1. The lowest BCUT2D eigenvalue weighted by Crippen LogP contribution is -2.19. The largest absolute Gasteiger partial charge is 0.358 e. The lowest BCUT2D eigenvalue weighted by atomic mass is 10.1. The maximum atomic E-state index is 13.1. The van der Waals surface area contributed by atoms with E-state index < -0.39 is 9.84 Å². The number of anilines is 2. The van der Waals surface area contributed by atoms with E-state index in [2.05, 4.69) is 14.9 Å². The first-order valence-electron chi connectivity index (χ1n) is 14.2. The second-order valence-corrected chi connectivity index (χ2v) is 13.1. The Morgan fingerprint density at radius 1 is 0.976 bits per heavy atom. The van der Waals surface area contributed by atoms with Crippen LogP contribution in [0.3, 0.4) is 0 Å². The number of aryl methyl sites for hydroxylation is 3. The van der Waals surface area contributed by atoms with Crippen molar-refractivity contribution >= 4 is 32.4 Å². The first-order valence-corrected chi connectivity index (χ1v) is 16.1. The lowest BCUT2D eigenvalue weighted by Gasteiger charge is -2.25. The molecule has 1 unspecified atom stereocenters. The van der Waals surface area contributed by atoms with Crippen molar-refractivity contribution in [3.63, 3.8) is 0 Å². The van der Waals surface area contributed by atoms with Gasteiger partial charge in [-0.1, -0.05) is 12.1 Å². The molecule has 0 saturated carbocycles. The van der Waals surface area contributed by atoms with Gasteiger partial charge in [0.15, 0.2) is 15.5 Å². The number of hydrogen-bond donors (Lipinski definition) is 1.